The monoisotopic (exact) mass is 420 g/mol. The van der Waals surface area contributed by atoms with Gasteiger partial charge in [-0.2, -0.15) is 0 Å². The Labute approximate surface area is 174 Å². The molecule has 1 fully saturated rings. The lowest BCUT2D eigenvalue weighted by Crippen LogP contribution is -2.51. The Morgan fingerprint density at radius 1 is 0.964 bits per heavy atom. The Kier molecular flexibility index (Phi) is 6.81. The first kappa shape index (κ1) is 20.5. The molecule has 1 aliphatic heterocycles. The highest BCUT2D eigenvalue weighted by atomic mass is 35.5. The highest BCUT2D eigenvalue weighted by Gasteiger charge is 2.26. The fourth-order valence-corrected chi connectivity index (χ4v) is 3.64. The molecule has 0 N–H and O–H groups in total. The second-order valence-electron chi connectivity index (χ2n) is 6.55. The number of benzene rings is 2. The summed E-state index contributed by atoms with van der Waals surface area (Å²) < 4.78 is 5.42. The minimum Gasteiger partial charge on any atom is -0.494 e. The van der Waals surface area contributed by atoms with Gasteiger partial charge in [0.05, 0.1) is 23.6 Å². The summed E-state index contributed by atoms with van der Waals surface area (Å²) >= 11 is 12.0. The van der Waals surface area contributed by atoms with Gasteiger partial charge in [-0.15, -0.1) is 0 Å². The van der Waals surface area contributed by atoms with Gasteiger partial charge in [0, 0.05) is 31.2 Å². The zero-order valence-corrected chi connectivity index (χ0v) is 17.2. The molecule has 1 saturated heterocycles. The van der Waals surface area contributed by atoms with E-state index in [0.29, 0.717) is 54.8 Å². The van der Waals surface area contributed by atoms with E-state index < -0.39 is 0 Å². The van der Waals surface area contributed by atoms with Crippen molar-refractivity contribution in [1.82, 2.24) is 9.80 Å². The summed E-state index contributed by atoms with van der Waals surface area (Å²) in [6.07, 6.45) is 0.337. The molecule has 148 valence electrons. The summed E-state index contributed by atoms with van der Waals surface area (Å²) in [6.45, 7) is 4.52. The molecule has 5 nitrogen and oxygen atoms in total. The van der Waals surface area contributed by atoms with Crippen molar-refractivity contribution in [2.24, 2.45) is 0 Å². The van der Waals surface area contributed by atoms with Crippen LogP contribution in [0.4, 0.5) is 0 Å². The SMILES string of the molecule is CCOc1ccc(CC(=O)N2CCN(C(=O)c3ccc(Cl)cc3Cl)CC2)cc1. The van der Waals surface area contributed by atoms with E-state index in [2.05, 4.69) is 0 Å². The Hall–Kier alpha value is -2.24. The molecule has 7 heteroatoms. The van der Waals surface area contributed by atoms with Gasteiger partial charge in [-0.1, -0.05) is 35.3 Å². The average Bonchev–Trinajstić information content (AvgIpc) is 2.69. The summed E-state index contributed by atoms with van der Waals surface area (Å²) in [5.41, 5.74) is 1.38. The van der Waals surface area contributed by atoms with Crippen LogP contribution < -0.4 is 4.74 Å². The normalized spacial score (nSPS) is 14.1. The van der Waals surface area contributed by atoms with Crippen molar-refractivity contribution < 1.29 is 14.3 Å². The third kappa shape index (κ3) is 4.97. The Morgan fingerprint density at radius 3 is 2.21 bits per heavy atom. The molecule has 2 aromatic rings. The Balaban J connectivity index is 1.54. The predicted octanol–water partition coefficient (Wildman–Crippen LogP) is 3.92. The fraction of sp³-hybridized carbons (Fsp3) is 0.333. The maximum absolute atomic E-state index is 12.7. The molecule has 0 aliphatic carbocycles. The zero-order valence-electron chi connectivity index (χ0n) is 15.7. The van der Waals surface area contributed by atoms with E-state index in [9.17, 15) is 9.59 Å². The van der Waals surface area contributed by atoms with Crippen LogP contribution >= 0.6 is 23.2 Å². The topological polar surface area (TPSA) is 49.9 Å². The first-order valence-electron chi connectivity index (χ1n) is 9.21. The maximum atomic E-state index is 12.7. The lowest BCUT2D eigenvalue weighted by Gasteiger charge is -2.35. The van der Waals surface area contributed by atoms with Gasteiger partial charge >= 0.3 is 0 Å². The summed E-state index contributed by atoms with van der Waals surface area (Å²) in [4.78, 5) is 28.8. The van der Waals surface area contributed by atoms with Crippen molar-refractivity contribution in [3.63, 3.8) is 0 Å². The standard InChI is InChI=1S/C21H22Cl2N2O3/c1-2-28-17-6-3-15(4-7-17)13-20(26)24-9-11-25(12-10-24)21(27)18-8-5-16(22)14-19(18)23/h3-8,14H,2,9-13H2,1H3. The zero-order chi connectivity index (χ0) is 20.1. The van der Waals surface area contributed by atoms with Crippen LogP contribution in [0.2, 0.25) is 10.0 Å². The molecule has 2 aromatic carbocycles. The number of rotatable bonds is 5. The third-order valence-electron chi connectivity index (χ3n) is 4.67. The van der Waals surface area contributed by atoms with Crippen molar-refractivity contribution >= 4 is 35.0 Å². The van der Waals surface area contributed by atoms with E-state index >= 15 is 0 Å². The quantitative estimate of drug-likeness (QED) is 0.736. The minimum atomic E-state index is -0.139. The van der Waals surface area contributed by atoms with Crippen LogP contribution in [0.25, 0.3) is 0 Å². The van der Waals surface area contributed by atoms with Gasteiger partial charge < -0.3 is 14.5 Å². The number of hydrogen-bond acceptors (Lipinski definition) is 3. The molecule has 0 saturated carbocycles. The average molecular weight is 421 g/mol. The third-order valence-corrected chi connectivity index (χ3v) is 5.22. The van der Waals surface area contributed by atoms with Gasteiger partial charge in [-0.05, 0) is 42.8 Å². The van der Waals surface area contributed by atoms with Crippen molar-refractivity contribution in [2.75, 3.05) is 32.8 Å². The Morgan fingerprint density at radius 2 is 1.61 bits per heavy atom. The van der Waals surface area contributed by atoms with Crippen LogP contribution in [0.1, 0.15) is 22.8 Å². The molecule has 1 aliphatic rings. The molecule has 0 radical (unpaired) electrons. The lowest BCUT2D eigenvalue weighted by molar-refractivity contribution is -0.131. The molecule has 2 amide bonds. The second-order valence-corrected chi connectivity index (χ2v) is 7.39. The van der Waals surface area contributed by atoms with E-state index in [-0.39, 0.29) is 11.8 Å². The highest BCUT2D eigenvalue weighted by Crippen LogP contribution is 2.23. The second kappa shape index (κ2) is 9.30. The van der Waals surface area contributed by atoms with Crippen LogP contribution in [0.5, 0.6) is 5.75 Å². The largest absolute Gasteiger partial charge is 0.494 e. The molecule has 0 unspecified atom stereocenters. The van der Waals surface area contributed by atoms with Gasteiger partial charge in [-0.3, -0.25) is 9.59 Å². The van der Waals surface area contributed by atoms with Crippen LogP contribution in [0, 0.1) is 0 Å². The summed E-state index contributed by atoms with van der Waals surface area (Å²) in [5.74, 6) is 0.716. The molecule has 0 atom stereocenters. The summed E-state index contributed by atoms with van der Waals surface area (Å²) in [6, 6.07) is 12.4. The molecule has 0 spiro atoms. The van der Waals surface area contributed by atoms with Crippen molar-refractivity contribution in [3.05, 3.63) is 63.6 Å². The number of hydrogen-bond donors (Lipinski definition) is 0. The van der Waals surface area contributed by atoms with Gasteiger partial charge in [0.25, 0.3) is 5.91 Å². The molecule has 0 aromatic heterocycles. The van der Waals surface area contributed by atoms with E-state index in [4.69, 9.17) is 27.9 Å². The predicted molar refractivity (Wildman–Crippen MR) is 110 cm³/mol. The number of nitrogens with zero attached hydrogens (tertiary/aromatic N) is 2. The number of ether oxygens (including phenoxy) is 1. The number of halogens is 2. The minimum absolute atomic E-state index is 0.0563. The van der Waals surface area contributed by atoms with Crippen LogP contribution in [-0.4, -0.2) is 54.4 Å². The molecular formula is C21H22Cl2N2O3. The lowest BCUT2D eigenvalue weighted by atomic mass is 10.1. The van der Waals surface area contributed by atoms with Crippen molar-refractivity contribution in [1.29, 1.82) is 0 Å². The number of piperazine rings is 1. The summed E-state index contributed by atoms with van der Waals surface area (Å²) in [5, 5.41) is 0.831. The summed E-state index contributed by atoms with van der Waals surface area (Å²) in [7, 11) is 0. The van der Waals surface area contributed by atoms with E-state index in [1.54, 1.807) is 28.0 Å². The molecule has 3 rings (SSSR count). The van der Waals surface area contributed by atoms with Crippen LogP contribution in [-0.2, 0) is 11.2 Å². The number of amides is 2. The molecule has 0 bridgehead atoms. The highest BCUT2D eigenvalue weighted by molar-refractivity contribution is 6.36. The van der Waals surface area contributed by atoms with Gasteiger partial charge in [0.15, 0.2) is 0 Å². The first-order chi connectivity index (χ1) is 13.5. The van der Waals surface area contributed by atoms with E-state index in [1.165, 1.54) is 0 Å². The maximum Gasteiger partial charge on any atom is 0.255 e. The molecule has 28 heavy (non-hydrogen) atoms. The molecular weight excluding hydrogens is 399 g/mol. The van der Waals surface area contributed by atoms with Gasteiger partial charge in [0.1, 0.15) is 5.75 Å². The van der Waals surface area contributed by atoms with E-state index in [0.717, 1.165) is 11.3 Å². The van der Waals surface area contributed by atoms with Crippen LogP contribution in [0.15, 0.2) is 42.5 Å². The van der Waals surface area contributed by atoms with Crippen LogP contribution in [0.3, 0.4) is 0 Å². The molecule has 1 heterocycles. The smallest absolute Gasteiger partial charge is 0.255 e. The van der Waals surface area contributed by atoms with Crippen molar-refractivity contribution in [3.8, 4) is 5.75 Å². The first-order valence-corrected chi connectivity index (χ1v) is 9.97. The number of carbonyl (C=O) groups is 2. The van der Waals surface area contributed by atoms with Gasteiger partial charge in [-0.25, -0.2) is 0 Å². The van der Waals surface area contributed by atoms with Gasteiger partial charge in [0.2, 0.25) is 5.91 Å². The van der Waals surface area contributed by atoms with Crippen molar-refractivity contribution in [2.45, 2.75) is 13.3 Å². The van der Waals surface area contributed by atoms with E-state index in [1.807, 2.05) is 31.2 Å². The Bertz CT molecular complexity index is 847. The number of carbonyl (C=O) groups excluding carboxylic acids is 2. The fourth-order valence-electron chi connectivity index (χ4n) is 3.15.